The van der Waals surface area contributed by atoms with Crippen LogP contribution in [0.5, 0.6) is 0 Å². The lowest BCUT2D eigenvalue weighted by molar-refractivity contribution is 0.476. The molecule has 3 N–H and O–H groups in total. The van der Waals surface area contributed by atoms with E-state index in [4.69, 9.17) is 5.73 Å². The van der Waals surface area contributed by atoms with Crippen LogP contribution in [-0.4, -0.2) is 6.54 Å². The van der Waals surface area contributed by atoms with Crippen LogP contribution in [0, 0.1) is 0 Å². The van der Waals surface area contributed by atoms with E-state index in [1.165, 1.54) is 16.7 Å². The van der Waals surface area contributed by atoms with Gasteiger partial charge in [0.05, 0.1) is 0 Å². The molecule has 0 radical (unpaired) electrons. The first-order valence-corrected chi connectivity index (χ1v) is 6.98. The fraction of sp³-hybridized carbons (Fsp3) is 0.294. The van der Waals surface area contributed by atoms with Crippen LogP contribution in [0.25, 0.3) is 0 Å². The predicted molar refractivity (Wildman–Crippen MR) is 80.1 cm³/mol. The highest BCUT2D eigenvalue weighted by molar-refractivity contribution is 5.46. The molecule has 0 saturated carbocycles. The molecule has 19 heavy (non-hydrogen) atoms. The number of fused-ring (bicyclic) bond motifs is 1. The summed E-state index contributed by atoms with van der Waals surface area (Å²) in [7, 11) is 0. The smallest absolute Gasteiger partial charge is 0.0326 e. The number of nitrogens with two attached hydrogens (primary N) is 1. The molecule has 2 nitrogen and oxygen atoms in total. The Morgan fingerprint density at radius 2 is 1.95 bits per heavy atom. The zero-order valence-electron chi connectivity index (χ0n) is 11.1. The van der Waals surface area contributed by atoms with Crippen molar-refractivity contribution in [1.29, 1.82) is 0 Å². The van der Waals surface area contributed by atoms with Gasteiger partial charge in [0.25, 0.3) is 0 Å². The van der Waals surface area contributed by atoms with Crippen molar-refractivity contribution in [1.82, 2.24) is 5.32 Å². The summed E-state index contributed by atoms with van der Waals surface area (Å²) in [6.07, 6.45) is 3.34. The molecule has 0 bridgehead atoms. The molecule has 1 heterocycles. The molecule has 1 unspecified atom stereocenters. The molecule has 1 atom stereocenters. The standard InChI is InChI=1S/C17H20N2/c18-15-7-8-16-14(12-15)10-11-19-17(16)9-6-13-4-2-1-3-5-13/h1-5,7-8,12,17,19H,6,9-11,18H2. The molecule has 98 valence electrons. The number of nitrogen functional groups attached to an aromatic ring is 1. The van der Waals surface area contributed by atoms with E-state index in [9.17, 15) is 0 Å². The Balaban J connectivity index is 1.73. The van der Waals surface area contributed by atoms with Crippen molar-refractivity contribution in [2.45, 2.75) is 25.3 Å². The van der Waals surface area contributed by atoms with Gasteiger partial charge in [0.1, 0.15) is 0 Å². The molecule has 0 amide bonds. The normalized spacial score (nSPS) is 18.0. The van der Waals surface area contributed by atoms with Crippen molar-refractivity contribution >= 4 is 5.69 Å². The van der Waals surface area contributed by atoms with Crippen LogP contribution >= 0.6 is 0 Å². The van der Waals surface area contributed by atoms with Crippen LogP contribution in [-0.2, 0) is 12.8 Å². The second-order valence-electron chi connectivity index (χ2n) is 5.24. The van der Waals surface area contributed by atoms with Crippen molar-refractivity contribution in [3.8, 4) is 0 Å². The van der Waals surface area contributed by atoms with E-state index < -0.39 is 0 Å². The van der Waals surface area contributed by atoms with Gasteiger partial charge in [-0.05, 0) is 54.6 Å². The Kier molecular flexibility index (Phi) is 3.51. The molecule has 2 aromatic rings. The van der Waals surface area contributed by atoms with Gasteiger partial charge in [0.15, 0.2) is 0 Å². The molecule has 2 aromatic carbocycles. The number of hydrogen-bond acceptors (Lipinski definition) is 2. The average molecular weight is 252 g/mol. The molecular formula is C17H20N2. The number of rotatable bonds is 3. The summed E-state index contributed by atoms with van der Waals surface area (Å²) in [6.45, 7) is 1.05. The van der Waals surface area contributed by atoms with Crippen LogP contribution in [0.15, 0.2) is 48.5 Å². The summed E-state index contributed by atoms with van der Waals surface area (Å²) in [5.41, 5.74) is 11.0. The van der Waals surface area contributed by atoms with E-state index in [1.807, 2.05) is 6.07 Å². The number of hydrogen-bond donors (Lipinski definition) is 2. The van der Waals surface area contributed by atoms with Gasteiger partial charge in [-0.2, -0.15) is 0 Å². The summed E-state index contributed by atoms with van der Waals surface area (Å²) < 4.78 is 0. The fourth-order valence-electron chi connectivity index (χ4n) is 2.89. The highest BCUT2D eigenvalue weighted by Gasteiger charge is 2.19. The van der Waals surface area contributed by atoms with E-state index in [1.54, 1.807) is 0 Å². The highest BCUT2D eigenvalue weighted by atomic mass is 14.9. The van der Waals surface area contributed by atoms with Gasteiger partial charge in [-0.1, -0.05) is 36.4 Å². The molecule has 1 aliphatic rings. The molecule has 0 fully saturated rings. The maximum absolute atomic E-state index is 5.87. The lowest BCUT2D eigenvalue weighted by Crippen LogP contribution is -2.30. The monoisotopic (exact) mass is 252 g/mol. The van der Waals surface area contributed by atoms with E-state index in [-0.39, 0.29) is 0 Å². The molecule has 0 aliphatic carbocycles. The number of nitrogens with one attached hydrogen (secondary N) is 1. The van der Waals surface area contributed by atoms with E-state index in [2.05, 4.69) is 47.8 Å². The Morgan fingerprint density at radius 1 is 1.11 bits per heavy atom. The SMILES string of the molecule is Nc1ccc2c(c1)CCNC2CCc1ccccc1. The van der Waals surface area contributed by atoms with Gasteiger partial charge < -0.3 is 11.1 Å². The van der Waals surface area contributed by atoms with Crippen molar-refractivity contribution in [3.05, 3.63) is 65.2 Å². The maximum atomic E-state index is 5.87. The van der Waals surface area contributed by atoms with Gasteiger partial charge in [0.2, 0.25) is 0 Å². The van der Waals surface area contributed by atoms with Crippen LogP contribution < -0.4 is 11.1 Å². The topological polar surface area (TPSA) is 38.0 Å². The van der Waals surface area contributed by atoms with Gasteiger partial charge >= 0.3 is 0 Å². The van der Waals surface area contributed by atoms with E-state index >= 15 is 0 Å². The molecule has 2 heteroatoms. The van der Waals surface area contributed by atoms with Crippen molar-refractivity contribution in [2.24, 2.45) is 0 Å². The van der Waals surface area contributed by atoms with E-state index in [0.717, 1.165) is 31.5 Å². The Bertz CT molecular complexity index is 548. The summed E-state index contributed by atoms with van der Waals surface area (Å²) in [5, 5.41) is 3.62. The second kappa shape index (κ2) is 5.45. The van der Waals surface area contributed by atoms with Crippen LogP contribution in [0.3, 0.4) is 0 Å². The predicted octanol–water partition coefficient (Wildman–Crippen LogP) is 3.09. The third-order valence-electron chi connectivity index (χ3n) is 3.89. The van der Waals surface area contributed by atoms with Crippen molar-refractivity contribution in [3.63, 3.8) is 0 Å². The summed E-state index contributed by atoms with van der Waals surface area (Å²) in [4.78, 5) is 0. The number of benzene rings is 2. The first-order valence-electron chi connectivity index (χ1n) is 6.98. The Labute approximate surface area is 114 Å². The van der Waals surface area contributed by atoms with Gasteiger partial charge in [0, 0.05) is 11.7 Å². The largest absolute Gasteiger partial charge is 0.399 e. The van der Waals surface area contributed by atoms with Crippen LogP contribution in [0.4, 0.5) is 5.69 Å². The third-order valence-corrected chi connectivity index (χ3v) is 3.89. The molecule has 3 rings (SSSR count). The number of anilines is 1. The molecule has 1 aliphatic heterocycles. The second-order valence-corrected chi connectivity index (χ2v) is 5.24. The van der Waals surface area contributed by atoms with Crippen LogP contribution in [0.2, 0.25) is 0 Å². The molecular weight excluding hydrogens is 232 g/mol. The van der Waals surface area contributed by atoms with Gasteiger partial charge in [-0.15, -0.1) is 0 Å². The highest BCUT2D eigenvalue weighted by Crippen LogP contribution is 2.28. The lowest BCUT2D eigenvalue weighted by Gasteiger charge is -2.27. The first kappa shape index (κ1) is 12.2. The first-order chi connectivity index (χ1) is 9.33. The minimum absolute atomic E-state index is 0.463. The van der Waals surface area contributed by atoms with Gasteiger partial charge in [-0.25, -0.2) is 0 Å². The van der Waals surface area contributed by atoms with Gasteiger partial charge in [-0.3, -0.25) is 0 Å². The minimum atomic E-state index is 0.463. The third kappa shape index (κ3) is 2.79. The zero-order chi connectivity index (χ0) is 13.1. The quantitative estimate of drug-likeness (QED) is 0.824. The summed E-state index contributed by atoms with van der Waals surface area (Å²) in [5.74, 6) is 0. The average Bonchev–Trinajstić information content (AvgIpc) is 2.45. The lowest BCUT2D eigenvalue weighted by atomic mass is 9.90. The molecule has 0 aromatic heterocycles. The van der Waals surface area contributed by atoms with Crippen molar-refractivity contribution < 1.29 is 0 Å². The van der Waals surface area contributed by atoms with Crippen LogP contribution in [0.1, 0.15) is 29.2 Å². The Hall–Kier alpha value is -1.80. The molecule has 0 saturated heterocycles. The van der Waals surface area contributed by atoms with E-state index in [0.29, 0.717) is 6.04 Å². The summed E-state index contributed by atoms with van der Waals surface area (Å²) in [6, 6.07) is 17.5. The minimum Gasteiger partial charge on any atom is -0.399 e. The Morgan fingerprint density at radius 3 is 2.79 bits per heavy atom. The maximum Gasteiger partial charge on any atom is 0.0326 e. The van der Waals surface area contributed by atoms with Crippen molar-refractivity contribution in [2.75, 3.05) is 12.3 Å². The number of aryl methyl sites for hydroxylation is 1. The fourth-order valence-corrected chi connectivity index (χ4v) is 2.89. The molecule has 0 spiro atoms. The zero-order valence-corrected chi connectivity index (χ0v) is 11.1. The summed E-state index contributed by atoms with van der Waals surface area (Å²) >= 11 is 0.